The van der Waals surface area contributed by atoms with Crippen LogP contribution in [0.5, 0.6) is 0 Å². The Bertz CT molecular complexity index is 1250. The Morgan fingerprint density at radius 1 is 1.11 bits per heavy atom. The minimum atomic E-state index is -3.73. The number of rotatable bonds is 5. The van der Waals surface area contributed by atoms with Crippen molar-refractivity contribution in [3.8, 4) is 0 Å². The topological polar surface area (TPSA) is 104 Å². The summed E-state index contributed by atoms with van der Waals surface area (Å²) in [6, 6.07) is 13.4. The van der Waals surface area contributed by atoms with Gasteiger partial charge >= 0.3 is 0 Å². The van der Waals surface area contributed by atoms with Crippen molar-refractivity contribution < 1.29 is 13.2 Å². The summed E-state index contributed by atoms with van der Waals surface area (Å²) in [5.41, 5.74) is 1.75. The number of hydrogen-bond donors (Lipinski definition) is 3. The van der Waals surface area contributed by atoms with E-state index in [1.807, 2.05) is 18.2 Å². The second-order valence-electron chi connectivity index (χ2n) is 5.84. The van der Waals surface area contributed by atoms with E-state index < -0.39 is 10.0 Å². The van der Waals surface area contributed by atoms with E-state index in [1.165, 1.54) is 41.8 Å². The van der Waals surface area contributed by atoms with Gasteiger partial charge in [-0.1, -0.05) is 15.9 Å². The van der Waals surface area contributed by atoms with E-state index in [-0.39, 0.29) is 10.8 Å². The summed E-state index contributed by atoms with van der Waals surface area (Å²) in [5, 5.41) is 5.64. The number of carbonyl (C=O) groups excluding carboxylic acids is 1. The molecule has 4 rings (SSSR count). The maximum Gasteiger partial charge on any atom is 0.272 e. The first-order chi connectivity index (χ1) is 13.4. The second kappa shape index (κ2) is 7.38. The quantitative estimate of drug-likeness (QED) is 0.395. The van der Waals surface area contributed by atoms with Crippen LogP contribution in [0.25, 0.3) is 10.9 Å². The Balaban J connectivity index is 1.49. The second-order valence-corrected chi connectivity index (χ2v) is 9.33. The molecule has 28 heavy (non-hydrogen) atoms. The molecule has 3 N–H and O–H groups in total. The predicted molar refractivity (Wildman–Crippen MR) is 113 cm³/mol. The smallest absolute Gasteiger partial charge is 0.272 e. The van der Waals surface area contributed by atoms with Crippen molar-refractivity contribution in [1.82, 2.24) is 9.97 Å². The standard InChI is InChI=1S/C18H13BrN4O3S2/c19-12-1-6-15-11(9-12)10-16(22-15)17(24)21-13-2-4-14(5-3-13)28(25,26)23-18-20-7-8-27-18/h1-10,22H,(H,20,23)(H,21,24). The number of amides is 1. The predicted octanol–water partition coefficient (Wildman–Crippen LogP) is 4.44. The number of sulfonamides is 1. The van der Waals surface area contributed by atoms with E-state index in [1.54, 1.807) is 11.4 Å². The van der Waals surface area contributed by atoms with E-state index in [0.717, 1.165) is 15.4 Å². The van der Waals surface area contributed by atoms with Crippen LogP contribution in [-0.2, 0) is 10.0 Å². The summed E-state index contributed by atoms with van der Waals surface area (Å²) in [4.78, 5) is 19.5. The lowest BCUT2D eigenvalue weighted by Crippen LogP contribution is -2.14. The molecule has 0 radical (unpaired) electrons. The van der Waals surface area contributed by atoms with E-state index in [4.69, 9.17) is 0 Å². The largest absolute Gasteiger partial charge is 0.351 e. The Hall–Kier alpha value is -2.69. The third kappa shape index (κ3) is 3.93. The van der Waals surface area contributed by atoms with Crippen molar-refractivity contribution in [1.29, 1.82) is 0 Å². The first kappa shape index (κ1) is 18.7. The normalized spacial score (nSPS) is 11.5. The molecule has 0 unspecified atom stereocenters. The van der Waals surface area contributed by atoms with Crippen molar-refractivity contribution in [3.05, 3.63) is 70.3 Å². The zero-order valence-corrected chi connectivity index (χ0v) is 17.4. The summed E-state index contributed by atoms with van der Waals surface area (Å²) in [7, 11) is -3.73. The van der Waals surface area contributed by atoms with Crippen LogP contribution in [0, 0.1) is 0 Å². The molecule has 0 atom stereocenters. The molecular formula is C18H13BrN4O3S2. The van der Waals surface area contributed by atoms with E-state index in [0.29, 0.717) is 16.5 Å². The Morgan fingerprint density at radius 2 is 1.89 bits per heavy atom. The summed E-state index contributed by atoms with van der Waals surface area (Å²) in [5.74, 6) is -0.316. The molecule has 0 aliphatic carbocycles. The van der Waals surface area contributed by atoms with Crippen LogP contribution in [0.15, 0.2) is 69.5 Å². The molecule has 7 nitrogen and oxygen atoms in total. The zero-order chi connectivity index (χ0) is 19.7. The molecule has 0 saturated carbocycles. The SMILES string of the molecule is O=C(Nc1ccc(S(=O)(=O)Nc2nccs2)cc1)c1cc2cc(Br)ccc2[nH]1. The number of nitrogens with one attached hydrogen (secondary N) is 3. The minimum absolute atomic E-state index is 0.0798. The van der Waals surface area contributed by atoms with Crippen LogP contribution >= 0.6 is 27.3 Å². The molecule has 2 heterocycles. The average Bonchev–Trinajstić information content (AvgIpc) is 3.31. The van der Waals surface area contributed by atoms with Crippen LogP contribution in [0.3, 0.4) is 0 Å². The van der Waals surface area contributed by atoms with Crippen LogP contribution in [0.2, 0.25) is 0 Å². The van der Waals surface area contributed by atoms with Crippen molar-refractivity contribution in [2.24, 2.45) is 0 Å². The van der Waals surface area contributed by atoms with E-state index >= 15 is 0 Å². The molecule has 10 heteroatoms. The third-order valence-corrected chi connectivity index (χ3v) is 6.57. The summed E-state index contributed by atoms with van der Waals surface area (Å²) in [6.07, 6.45) is 1.52. The van der Waals surface area contributed by atoms with E-state index in [9.17, 15) is 13.2 Å². The molecule has 0 spiro atoms. The number of thiazole rings is 1. The number of aromatic amines is 1. The van der Waals surface area contributed by atoms with Crippen molar-refractivity contribution >= 4 is 64.9 Å². The molecule has 0 bridgehead atoms. The van der Waals surface area contributed by atoms with Gasteiger partial charge in [-0.2, -0.15) is 0 Å². The molecule has 1 amide bonds. The fraction of sp³-hybridized carbons (Fsp3) is 0. The number of benzene rings is 2. The van der Waals surface area contributed by atoms with Gasteiger partial charge < -0.3 is 10.3 Å². The highest BCUT2D eigenvalue weighted by molar-refractivity contribution is 9.10. The Kier molecular flexibility index (Phi) is 4.92. The molecule has 0 aliphatic heterocycles. The lowest BCUT2D eigenvalue weighted by atomic mass is 10.2. The zero-order valence-electron chi connectivity index (χ0n) is 14.1. The van der Waals surface area contributed by atoms with Gasteiger partial charge in [0.25, 0.3) is 15.9 Å². The molecule has 0 fully saturated rings. The number of nitrogens with zero attached hydrogens (tertiary/aromatic N) is 1. The summed E-state index contributed by atoms with van der Waals surface area (Å²) >= 11 is 4.59. The first-order valence-electron chi connectivity index (χ1n) is 8.03. The Morgan fingerprint density at radius 3 is 2.61 bits per heavy atom. The third-order valence-electron chi connectivity index (χ3n) is 3.90. The number of aromatic nitrogens is 2. The number of anilines is 2. The number of halogens is 1. The number of hydrogen-bond acceptors (Lipinski definition) is 5. The monoisotopic (exact) mass is 476 g/mol. The highest BCUT2D eigenvalue weighted by Crippen LogP contribution is 2.22. The van der Waals surface area contributed by atoms with Gasteiger partial charge in [0.15, 0.2) is 5.13 Å². The fourth-order valence-electron chi connectivity index (χ4n) is 2.59. The lowest BCUT2D eigenvalue weighted by Gasteiger charge is -2.07. The highest BCUT2D eigenvalue weighted by atomic mass is 79.9. The summed E-state index contributed by atoms with van der Waals surface area (Å²) in [6.45, 7) is 0. The van der Waals surface area contributed by atoms with Crippen LogP contribution in [-0.4, -0.2) is 24.3 Å². The molecule has 4 aromatic rings. The summed E-state index contributed by atoms with van der Waals surface area (Å²) < 4.78 is 28.0. The van der Waals surface area contributed by atoms with Gasteiger partial charge in [-0.3, -0.25) is 9.52 Å². The fourth-order valence-corrected chi connectivity index (χ4v) is 4.76. The highest BCUT2D eigenvalue weighted by Gasteiger charge is 2.16. The Labute approximate surface area is 173 Å². The number of H-pyrrole nitrogens is 1. The van der Waals surface area contributed by atoms with Gasteiger partial charge in [0.1, 0.15) is 5.69 Å². The van der Waals surface area contributed by atoms with Crippen LogP contribution in [0.4, 0.5) is 10.8 Å². The van der Waals surface area contributed by atoms with Crippen LogP contribution < -0.4 is 10.0 Å². The van der Waals surface area contributed by atoms with Gasteiger partial charge in [-0.25, -0.2) is 13.4 Å². The van der Waals surface area contributed by atoms with Gasteiger partial charge in [0, 0.05) is 32.6 Å². The van der Waals surface area contributed by atoms with E-state index in [2.05, 4.69) is 35.9 Å². The number of carbonyl (C=O) groups is 1. The van der Waals surface area contributed by atoms with Gasteiger partial charge in [-0.05, 0) is 48.5 Å². The van der Waals surface area contributed by atoms with Crippen molar-refractivity contribution in [2.45, 2.75) is 4.90 Å². The average molecular weight is 477 g/mol. The molecule has 2 aromatic heterocycles. The minimum Gasteiger partial charge on any atom is -0.351 e. The maximum atomic E-state index is 12.5. The van der Waals surface area contributed by atoms with Crippen molar-refractivity contribution in [3.63, 3.8) is 0 Å². The van der Waals surface area contributed by atoms with Gasteiger partial charge in [0.2, 0.25) is 0 Å². The maximum absolute atomic E-state index is 12.5. The first-order valence-corrected chi connectivity index (χ1v) is 11.2. The van der Waals surface area contributed by atoms with Gasteiger partial charge in [-0.15, -0.1) is 11.3 Å². The molecule has 0 saturated heterocycles. The molecular weight excluding hydrogens is 464 g/mol. The lowest BCUT2D eigenvalue weighted by molar-refractivity contribution is 0.102. The molecule has 0 aliphatic rings. The van der Waals surface area contributed by atoms with Gasteiger partial charge in [0.05, 0.1) is 4.90 Å². The molecule has 142 valence electrons. The number of fused-ring (bicyclic) bond motifs is 1. The molecule has 2 aromatic carbocycles. The van der Waals surface area contributed by atoms with Crippen molar-refractivity contribution in [2.75, 3.05) is 10.0 Å². The van der Waals surface area contributed by atoms with Crippen LogP contribution in [0.1, 0.15) is 10.5 Å².